The van der Waals surface area contributed by atoms with Gasteiger partial charge >= 0.3 is 0 Å². The van der Waals surface area contributed by atoms with Gasteiger partial charge in [0.25, 0.3) is 5.91 Å². The van der Waals surface area contributed by atoms with E-state index in [-0.39, 0.29) is 12.5 Å². The Morgan fingerprint density at radius 1 is 1.15 bits per heavy atom. The van der Waals surface area contributed by atoms with Crippen LogP contribution in [0, 0.1) is 0 Å². The van der Waals surface area contributed by atoms with Gasteiger partial charge in [-0.25, -0.2) is 0 Å². The summed E-state index contributed by atoms with van der Waals surface area (Å²) in [5.41, 5.74) is 5.61. The van der Waals surface area contributed by atoms with Gasteiger partial charge < -0.3 is 20.5 Å². The molecule has 1 saturated heterocycles. The van der Waals surface area contributed by atoms with Crippen LogP contribution in [0.25, 0.3) is 0 Å². The molecule has 1 aliphatic rings. The quantitative estimate of drug-likeness (QED) is 0.277. The zero-order chi connectivity index (χ0) is 24.4. The Labute approximate surface area is 206 Å². The maximum atomic E-state index is 13.1. The molecule has 182 valence electrons. The Morgan fingerprint density at radius 2 is 1.82 bits per heavy atom. The van der Waals surface area contributed by atoms with Crippen molar-refractivity contribution in [1.29, 1.82) is 0 Å². The Hall–Kier alpha value is -2.62. The SMILES string of the molecule is CC/C=C(\Sc1ccccc1)C(=O)NCCOc1ccc(S(=O)C2(C(N)=O)CCOCC2)cc1. The lowest BCUT2D eigenvalue weighted by Gasteiger charge is -2.33. The third kappa shape index (κ3) is 6.71. The maximum Gasteiger partial charge on any atom is 0.257 e. The van der Waals surface area contributed by atoms with Crippen molar-refractivity contribution in [2.45, 2.75) is 40.7 Å². The van der Waals surface area contributed by atoms with Gasteiger partial charge in [-0.3, -0.25) is 13.8 Å². The van der Waals surface area contributed by atoms with Crippen LogP contribution in [0.5, 0.6) is 5.75 Å². The second-order valence-electron chi connectivity index (χ2n) is 7.71. The Morgan fingerprint density at radius 3 is 2.44 bits per heavy atom. The molecule has 1 aliphatic heterocycles. The van der Waals surface area contributed by atoms with Crippen LogP contribution < -0.4 is 15.8 Å². The molecule has 0 radical (unpaired) electrons. The van der Waals surface area contributed by atoms with Crippen LogP contribution in [0.15, 0.2) is 75.4 Å². The lowest BCUT2D eigenvalue weighted by molar-refractivity contribution is -0.122. The van der Waals surface area contributed by atoms with Crippen LogP contribution in [-0.4, -0.2) is 47.1 Å². The van der Waals surface area contributed by atoms with E-state index in [9.17, 15) is 13.8 Å². The van der Waals surface area contributed by atoms with Crippen molar-refractivity contribution in [2.24, 2.45) is 5.73 Å². The van der Waals surface area contributed by atoms with Gasteiger partial charge in [0.1, 0.15) is 17.1 Å². The third-order valence-corrected chi connectivity index (χ3v) is 8.48. The normalized spacial score (nSPS) is 16.4. The van der Waals surface area contributed by atoms with Gasteiger partial charge in [-0.1, -0.05) is 43.0 Å². The average Bonchev–Trinajstić information content (AvgIpc) is 2.87. The van der Waals surface area contributed by atoms with E-state index in [4.69, 9.17) is 15.2 Å². The van der Waals surface area contributed by atoms with Crippen molar-refractivity contribution in [3.63, 3.8) is 0 Å². The van der Waals surface area contributed by atoms with E-state index in [0.29, 0.717) is 48.2 Å². The molecule has 3 N–H and O–H groups in total. The topological polar surface area (TPSA) is 108 Å². The summed E-state index contributed by atoms with van der Waals surface area (Å²) in [6, 6.07) is 16.5. The predicted octanol–water partition coefficient (Wildman–Crippen LogP) is 3.41. The molecule has 0 saturated carbocycles. The van der Waals surface area contributed by atoms with Crippen LogP contribution in [-0.2, 0) is 25.1 Å². The summed E-state index contributed by atoms with van der Waals surface area (Å²) in [7, 11) is -1.58. The van der Waals surface area contributed by atoms with E-state index in [1.807, 2.05) is 43.3 Å². The number of allylic oxidation sites excluding steroid dienone is 1. The number of hydrogen-bond donors (Lipinski definition) is 2. The highest BCUT2D eigenvalue weighted by atomic mass is 32.2. The zero-order valence-electron chi connectivity index (χ0n) is 19.2. The summed E-state index contributed by atoms with van der Waals surface area (Å²) >= 11 is 1.43. The van der Waals surface area contributed by atoms with Crippen molar-refractivity contribution >= 4 is 34.4 Å². The summed E-state index contributed by atoms with van der Waals surface area (Å²) in [4.78, 5) is 26.8. The van der Waals surface area contributed by atoms with Gasteiger partial charge in [-0.2, -0.15) is 0 Å². The second-order valence-corrected chi connectivity index (χ2v) is 10.6. The van der Waals surface area contributed by atoms with Gasteiger partial charge in [-0.15, -0.1) is 0 Å². The molecule has 1 heterocycles. The fourth-order valence-corrected chi connectivity index (χ4v) is 6.03. The van der Waals surface area contributed by atoms with Crippen molar-refractivity contribution in [1.82, 2.24) is 5.32 Å². The second kappa shape index (κ2) is 12.7. The summed E-state index contributed by atoms with van der Waals surface area (Å²) in [5, 5.41) is 2.88. The average molecular weight is 503 g/mol. The van der Waals surface area contributed by atoms with Crippen molar-refractivity contribution in [3.05, 3.63) is 65.6 Å². The van der Waals surface area contributed by atoms with Crippen LogP contribution >= 0.6 is 11.8 Å². The molecular formula is C25H30N2O5S2. The molecule has 2 aromatic rings. The minimum absolute atomic E-state index is 0.141. The number of thioether (sulfide) groups is 1. The first-order chi connectivity index (χ1) is 16.5. The minimum Gasteiger partial charge on any atom is -0.492 e. The molecular weight excluding hydrogens is 472 g/mol. The highest BCUT2D eigenvalue weighted by Crippen LogP contribution is 2.32. The van der Waals surface area contributed by atoms with Crippen molar-refractivity contribution in [3.8, 4) is 5.75 Å². The standard InChI is InChI=1S/C25H30N2O5S2/c1-2-6-22(33-20-7-4-3-5-8-20)23(28)27-15-18-32-19-9-11-21(12-10-19)34(30)25(24(26)29)13-16-31-17-14-25/h3-12H,2,13-18H2,1H3,(H2,26,29)(H,27,28)/b22-6-. The van der Waals surface area contributed by atoms with E-state index >= 15 is 0 Å². The van der Waals surface area contributed by atoms with E-state index in [2.05, 4.69) is 5.32 Å². The number of carbonyl (C=O) groups excluding carboxylic acids is 2. The monoisotopic (exact) mass is 502 g/mol. The number of amides is 2. The van der Waals surface area contributed by atoms with Crippen LogP contribution in [0.1, 0.15) is 26.2 Å². The Balaban J connectivity index is 1.50. The summed E-state index contributed by atoms with van der Waals surface area (Å²) < 4.78 is 23.0. The van der Waals surface area contributed by atoms with E-state index in [1.165, 1.54) is 11.8 Å². The fourth-order valence-electron chi connectivity index (χ4n) is 3.51. The van der Waals surface area contributed by atoms with Crippen molar-refractivity contribution < 1.29 is 23.3 Å². The van der Waals surface area contributed by atoms with Crippen LogP contribution in [0.2, 0.25) is 0 Å². The summed E-state index contributed by atoms with van der Waals surface area (Å²) in [6.45, 7) is 3.34. The molecule has 0 bridgehead atoms. The molecule has 7 nitrogen and oxygen atoms in total. The maximum absolute atomic E-state index is 13.1. The van der Waals surface area contributed by atoms with Crippen LogP contribution in [0.4, 0.5) is 0 Å². The van der Waals surface area contributed by atoms with Gasteiger partial charge in [0.15, 0.2) is 0 Å². The highest BCUT2D eigenvalue weighted by Gasteiger charge is 2.45. The van der Waals surface area contributed by atoms with Gasteiger partial charge in [0, 0.05) is 23.0 Å². The lowest BCUT2D eigenvalue weighted by Crippen LogP contribution is -2.51. The smallest absolute Gasteiger partial charge is 0.257 e. The first-order valence-electron chi connectivity index (χ1n) is 11.2. The number of primary amides is 1. The number of carbonyl (C=O) groups is 2. The number of ether oxygens (including phenoxy) is 2. The Bertz CT molecular complexity index is 1020. The van der Waals surface area contributed by atoms with Crippen LogP contribution in [0.3, 0.4) is 0 Å². The molecule has 2 aromatic carbocycles. The molecule has 0 spiro atoms. The number of benzene rings is 2. The first kappa shape index (κ1) is 26.0. The molecule has 0 aromatic heterocycles. The molecule has 3 rings (SSSR count). The number of rotatable bonds is 11. The van der Waals surface area contributed by atoms with E-state index in [1.54, 1.807) is 24.3 Å². The zero-order valence-corrected chi connectivity index (χ0v) is 20.8. The predicted molar refractivity (Wildman–Crippen MR) is 134 cm³/mol. The summed E-state index contributed by atoms with van der Waals surface area (Å²) in [6.07, 6.45) is 3.34. The van der Waals surface area contributed by atoms with E-state index in [0.717, 1.165) is 11.3 Å². The van der Waals surface area contributed by atoms with Gasteiger partial charge in [0.05, 0.1) is 22.2 Å². The molecule has 2 amide bonds. The highest BCUT2D eigenvalue weighted by molar-refractivity contribution is 8.04. The molecule has 1 fully saturated rings. The molecule has 1 atom stereocenters. The molecule has 0 aliphatic carbocycles. The van der Waals surface area contributed by atoms with E-state index < -0.39 is 21.5 Å². The molecule has 1 unspecified atom stereocenters. The number of nitrogens with two attached hydrogens (primary N) is 1. The van der Waals surface area contributed by atoms with Gasteiger partial charge in [0.2, 0.25) is 5.91 Å². The largest absolute Gasteiger partial charge is 0.492 e. The molecule has 9 heteroatoms. The van der Waals surface area contributed by atoms with Crippen molar-refractivity contribution in [2.75, 3.05) is 26.4 Å². The molecule has 34 heavy (non-hydrogen) atoms. The third-order valence-electron chi connectivity index (χ3n) is 5.38. The minimum atomic E-state index is -1.58. The fraction of sp³-hybridized carbons (Fsp3) is 0.360. The van der Waals surface area contributed by atoms with Gasteiger partial charge in [-0.05, 0) is 55.7 Å². The number of nitrogens with one attached hydrogen (secondary N) is 1. The first-order valence-corrected chi connectivity index (χ1v) is 13.2. The number of hydrogen-bond acceptors (Lipinski definition) is 6. The Kier molecular flexibility index (Phi) is 9.74. The lowest BCUT2D eigenvalue weighted by atomic mass is 9.98. The summed E-state index contributed by atoms with van der Waals surface area (Å²) in [5.74, 6) is -0.122.